The summed E-state index contributed by atoms with van der Waals surface area (Å²) in [7, 11) is 0. The van der Waals surface area contributed by atoms with Crippen LogP contribution in [0.25, 0.3) is 10.4 Å². The van der Waals surface area contributed by atoms with E-state index in [4.69, 9.17) is 5.53 Å². The summed E-state index contributed by atoms with van der Waals surface area (Å²) in [6.45, 7) is 0.479. The molecule has 5 unspecified atom stereocenters. The van der Waals surface area contributed by atoms with E-state index in [1.807, 2.05) is 0 Å². The summed E-state index contributed by atoms with van der Waals surface area (Å²) in [5.74, 6) is -2.33. The van der Waals surface area contributed by atoms with Crippen molar-refractivity contribution >= 4 is 29.3 Å². The Hall–Kier alpha value is -3.55. The molecule has 4 amide bonds. The summed E-state index contributed by atoms with van der Waals surface area (Å²) in [4.78, 5) is 53.3. The molecule has 1 saturated heterocycles. The minimum absolute atomic E-state index is 0.0352. The van der Waals surface area contributed by atoms with Crippen LogP contribution in [-0.2, 0) is 9.59 Å². The maximum atomic E-state index is 13.1. The van der Waals surface area contributed by atoms with Crippen molar-refractivity contribution in [3.63, 3.8) is 0 Å². The Bertz CT molecular complexity index is 1160. The number of anilines is 1. The van der Waals surface area contributed by atoms with Gasteiger partial charge in [-0.25, -0.2) is 0 Å². The normalized spacial score (nSPS) is 19.7. The monoisotopic (exact) mass is 574 g/mol. The fraction of sp³-hybridized carbons (Fsp3) is 0.630. The van der Waals surface area contributed by atoms with E-state index < -0.39 is 54.1 Å². The number of aliphatic hydroxyl groups excluding tert-OH is 4. The number of nitrogens with one attached hydrogen (secondary N) is 2. The maximum Gasteiger partial charge on any atom is 0.264 e. The standard InChI is InChI=1S/C27H38N6O8/c28-32-30-15-13-19(37)9-7-17(35)5-4-16(34)6-8-18(36)12-14-29-21-3-1-2-20-24(21)27(41)33(26(20)40)22-10-11-23(38)31-25(22)39/h1-3,16-19,22,29,34-37H,4-15H2,(H,31,38,39). The number of amides is 4. The van der Waals surface area contributed by atoms with Crippen LogP contribution >= 0.6 is 0 Å². The molecule has 41 heavy (non-hydrogen) atoms. The molecule has 2 heterocycles. The highest BCUT2D eigenvalue weighted by Crippen LogP contribution is 2.32. The molecule has 1 fully saturated rings. The molecule has 6 N–H and O–H groups in total. The Kier molecular flexibility index (Phi) is 12.0. The second-order valence-electron chi connectivity index (χ2n) is 10.5. The third-order valence-electron chi connectivity index (χ3n) is 7.39. The molecule has 14 heteroatoms. The van der Waals surface area contributed by atoms with Gasteiger partial charge in [0.2, 0.25) is 11.8 Å². The summed E-state index contributed by atoms with van der Waals surface area (Å²) < 4.78 is 0. The van der Waals surface area contributed by atoms with E-state index in [2.05, 4.69) is 20.7 Å². The maximum absolute atomic E-state index is 13.1. The molecule has 224 valence electrons. The molecule has 0 saturated carbocycles. The zero-order valence-corrected chi connectivity index (χ0v) is 22.8. The zero-order valence-electron chi connectivity index (χ0n) is 22.8. The fourth-order valence-electron chi connectivity index (χ4n) is 5.02. The average molecular weight is 575 g/mol. The van der Waals surface area contributed by atoms with E-state index in [1.54, 1.807) is 12.1 Å². The van der Waals surface area contributed by atoms with E-state index >= 15 is 0 Å². The molecular formula is C27H38N6O8. The van der Waals surface area contributed by atoms with Crippen LogP contribution in [0.1, 0.15) is 84.9 Å². The van der Waals surface area contributed by atoms with Gasteiger partial charge in [-0.1, -0.05) is 11.2 Å². The number of rotatable bonds is 17. The molecule has 0 bridgehead atoms. The lowest BCUT2D eigenvalue weighted by molar-refractivity contribution is -0.136. The first-order chi connectivity index (χ1) is 19.6. The van der Waals surface area contributed by atoms with Gasteiger partial charge in [0, 0.05) is 30.1 Å². The average Bonchev–Trinajstić information content (AvgIpc) is 3.19. The molecule has 1 aromatic carbocycles. The smallest absolute Gasteiger partial charge is 0.264 e. The number of piperidine rings is 1. The molecule has 2 aliphatic heterocycles. The van der Waals surface area contributed by atoms with Crippen molar-refractivity contribution in [1.29, 1.82) is 0 Å². The number of aliphatic hydroxyl groups is 4. The van der Waals surface area contributed by atoms with Gasteiger partial charge < -0.3 is 25.7 Å². The van der Waals surface area contributed by atoms with Gasteiger partial charge >= 0.3 is 0 Å². The summed E-state index contributed by atoms with van der Waals surface area (Å²) in [5.41, 5.74) is 8.96. The number of azide groups is 1. The number of nitrogens with zero attached hydrogens (tertiary/aromatic N) is 4. The number of fused-ring (bicyclic) bond motifs is 1. The predicted molar refractivity (Wildman–Crippen MR) is 147 cm³/mol. The summed E-state index contributed by atoms with van der Waals surface area (Å²) in [6, 6.07) is 3.71. The third kappa shape index (κ3) is 8.97. The second kappa shape index (κ2) is 15.5. The number of hydrogen-bond acceptors (Lipinski definition) is 10. The molecule has 0 aliphatic carbocycles. The number of imide groups is 2. The first-order valence-corrected chi connectivity index (χ1v) is 13.9. The van der Waals surface area contributed by atoms with Crippen molar-refractivity contribution in [2.24, 2.45) is 5.11 Å². The quantitative estimate of drug-likeness (QED) is 0.0682. The number of carbonyl (C=O) groups excluding carboxylic acids is 4. The van der Waals surface area contributed by atoms with Crippen LogP contribution in [-0.4, -0.2) is 92.5 Å². The van der Waals surface area contributed by atoms with Crippen molar-refractivity contribution in [3.05, 3.63) is 39.8 Å². The summed E-state index contributed by atoms with van der Waals surface area (Å²) in [6.07, 6.45) is 0.0349. The summed E-state index contributed by atoms with van der Waals surface area (Å²) in [5, 5.41) is 49.1. The van der Waals surface area contributed by atoms with Crippen LogP contribution in [0, 0.1) is 0 Å². The van der Waals surface area contributed by atoms with E-state index in [1.165, 1.54) is 6.07 Å². The largest absolute Gasteiger partial charge is 0.393 e. The molecule has 1 aromatic rings. The second-order valence-corrected chi connectivity index (χ2v) is 10.5. The van der Waals surface area contributed by atoms with Crippen LogP contribution in [0.4, 0.5) is 5.69 Å². The number of hydrogen-bond donors (Lipinski definition) is 6. The van der Waals surface area contributed by atoms with Crippen molar-refractivity contribution < 1.29 is 39.6 Å². The highest BCUT2D eigenvalue weighted by molar-refractivity contribution is 6.25. The molecule has 0 spiro atoms. The first-order valence-electron chi connectivity index (χ1n) is 13.9. The highest BCUT2D eigenvalue weighted by atomic mass is 16.3. The molecule has 5 atom stereocenters. The van der Waals surface area contributed by atoms with Crippen LogP contribution in [0.5, 0.6) is 0 Å². The van der Waals surface area contributed by atoms with Gasteiger partial charge in [-0.2, -0.15) is 0 Å². The Labute approximate surface area is 237 Å². The zero-order chi connectivity index (χ0) is 29.9. The third-order valence-corrected chi connectivity index (χ3v) is 7.39. The topological polar surface area (TPSA) is 225 Å². The Morgan fingerprint density at radius 1 is 0.902 bits per heavy atom. The van der Waals surface area contributed by atoms with Crippen molar-refractivity contribution in [3.8, 4) is 0 Å². The van der Waals surface area contributed by atoms with Crippen LogP contribution in [0.3, 0.4) is 0 Å². The van der Waals surface area contributed by atoms with Gasteiger partial charge in [0.15, 0.2) is 0 Å². The lowest BCUT2D eigenvalue weighted by Crippen LogP contribution is -2.54. The van der Waals surface area contributed by atoms with Gasteiger partial charge in [-0.15, -0.1) is 0 Å². The minimum Gasteiger partial charge on any atom is -0.393 e. The first kappa shape index (κ1) is 32.0. The number of benzene rings is 1. The van der Waals surface area contributed by atoms with Gasteiger partial charge in [0.05, 0.1) is 35.5 Å². The van der Waals surface area contributed by atoms with Crippen molar-refractivity contribution in [1.82, 2.24) is 10.2 Å². The Balaban J connectivity index is 1.39. The lowest BCUT2D eigenvalue weighted by Gasteiger charge is -2.27. The van der Waals surface area contributed by atoms with Gasteiger partial charge in [0.25, 0.3) is 11.8 Å². The SMILES string of the molecule is [N-]=[N+]=NCCC(O)CCC(O)CCC(O)CCC(O)CCNc1cccc2c1C(=O)N(C1CCC(=O)NC1=O)C2=O. The van der Waals surface area contributed by atoms with E-state index in [-0.39, 0.29) is 37.1 Å². The minimum atomic E-state index is -1.05. The van der Waals surface area contributed by atoms with E-state index in [0.29, 0.717) is 57.1 Å². The Morgan fingerprint density at radius 2 is 1.49 bits per heavy atom. The van der Waals surface area contributed by atoms with Gasteiger partial charge in [-0.3, -0.25) is 29.4 Å². The van der Waals surface area contributed by atoms with Gasteiger partial charge in [-0.05, 0) is 75.5 Å². The predicted octanol–water partition coefficient (Wildman–Crippen LogP) is 1.37. The molecule has 14 nitrogen and oxygen atoms in total. The lowest BCUT2D eigenvalue weighted by atomic mass is 9.99. The van der Waals surface area contributed by atoms with E-state index in [0.717, 1.165) is 4.90 Å². The van der Waals surface area contributed by atoms with Crippen LogP contribution < -0.4 is 10.6 Å². The summed E-state index contributed by atoms with van der Waals surface area (Å²) >= 11 is 0. The molecular weight excluding hydrogens is 536 g/mol. The molecule has 0 aromatic heterocycles. The van der Waals surface area contributed by atoms with Crippen molar-refractivity contribution in [2.45, 2.75) is 94.7 Å². The highest BCUT2D eigenvalue weighted by Gasteiger charge is 2.45. The fourth-order valence-corrected chi connectivity index (χ4v) is 5.02. The van der Waals surface area contributed by atoms with Crippen LogP contribution in [0.15, 0.2) is 23.3 Å². The van der Waals surface area contributed by atoms with Crippen LogP contribution in [0.2, 0.25) is 0 Å². The van der Waals surface area contributed by atoms with Crippen molar-refractivity contribution in [2.75, 3.05) is 18.4 Å². The molecule has 0 radical (unpaired) electrons. The van der Waals surface area contributed by atoms with E-state index in [9.17, 15) is 39.6 Å². The number of carbonyl (C=O) groups is 4. The molecule has 3 rings (SSSR count). The molecule has 2 aliphatic rings. The van der Waals surface area contributed by atoms with Gasteiger partial charge in [0.1, 0.15) is 6.04 Å². The Morgan fingerprint density at radius 3 is 2.07 bits per heavy atom.